The number of allylic oxidation sites excluding steroid dienone is 3. The third-order valence-corrected chi connectivity index (χ3v) is 18.3. The summed E-state index contributed by atoms with van der Waals surface area (Å²) in [5.41, 5.74) is 0. The van der Waals surface area contributed by atoms with E-state index >= 15 is 0 Å². The number of carbonyl (C=O) groups is 2. The fourth-order valence-corrected chi connectivity index (χ4v) is 12.3. The van der Waals surface area contributed by atoms with Crippen molar-refractivity contribution in [3.05, 3.63) is 24.3 Å². The second-order valence-corrected chi connectivity index (χ2v) is 26.7. The summed E-state index contributed by atoms with van der Waals surface area (Å²) in [5.74, 6) is -0.163. The number of esters is 1. The molecule has 1 amide bonds. The average Bonchev–Trinajstić information content (AvgIpc) is 3.16. The number of rotatable bonds is 68. The molecule has 1 saturated heterocycles. The van der Waals surface area contributed by atoms with Crippen molar-refractivity contribution >= 4 is 11.9 Å². The zero-order valence-electron chi connectivity index (χ0n) is 57.3. The molecule has 6 N–H and O–H groups in total. The Morgan fingerprint density at radius 3 is 1.10 bits per heavy atom. The molecular formula is C76H145NO10. The van der Waals surface area contributed by atoms with E-state index in [0.717, 1.165) is 51.4 Å². The van der Waals surface area contributed by atoms with Crippen LogP contribution in [-0.4, -0.2) is 100 Å². The normalized spacial score (nSPS) is 17.9. The van der Waals surface area contributed by atoms with Gasteiger partial charge in [-0.1, -0.05) is 340 Å². The Hall–Kier alpha value is -1.86. The first kappa shape index (κ1) is 83.2. The van der Waals surface area contributed by atoms with E-state index in [4.69, 9.17) is 14.2 Å². The van der Waals surface area contributed by atoms with E-state index in [1.165, 1.54) is 308 Å². The van der Waals surface area contributed by atoms with Crippen molar-refractivity contribution in [2.45, 2.75) is 429 Å². The maximum absolute atomic E-state index is 13.1. The number of aliphatic hydroxyl groups is 5. The first-order chi connectivity index (χ1) is 42.7. The van der Waals surface area contributed by atoms with Crippen molar-refractivity contribution in [3.63, 3.8) is 0 Å². The van der Waals surface area contributed by atoms with Gasteiger partial charge in [-0.2, -0.15) is 0 Å². The van der Waals surface area contributed by atoms with E-state index in [1.54, 1.807) is 6.08 Å². The molecule has 1 heterocycles. The van der Waals surface area contributed by atoms with E-state index in [2.05, 4.69) is 31.3 Å². The number of amides is 1. The molecule has 0 bridgehead atoms. The quantitative estimate of drug-likeness (QED) is 0.0195. The number of carbonyl (C=O) groups excluding carboxylic acids is 2. The van der Waals surface area contributed by atoms with Gasteiger partial charge in [-0.3, -0.25) is 9.59 Å². The van der Waals surface area contributed by atoms with Crippen LogP contribution in [0.15, 0.2) is 24.3 Å². The maximum atomic E-state index is 13.1. The second kappa shape index (κ2) is 65.6. The Bertz CT molecular complexity index is 1490. The van der Waals surface area contributed by atoms with Crippen LogP contribution in [0.5, 0.6) is 0 Å². The van der Waals surface area contributed by atoms with Crippen molar-refractivity contribution in [1.29, 1.82) is 0 Å². The highest BCUT2D eigenvalue weighted by Crippen LogP contribution is 2.24. The lowest BCUT2D eigenvalue weighted by atomic mass is 9.99. The topological polar surface area (TPSA) is 175 Å². The monoisotopic (exact) mass is 1230 g/mol. The van der Waals surface area contributed by atoms with Gasteiger partial charge in [-0.15, -0.1) is 0 Å². The molecule has 11 heteroatoms. The van der Waals surface area contributed by atoms with Gasteiger partial charge < -0.3 is 45.1 Å². The molecule has 514 valence electrons. The largest absolute Gasteiger partial charge is 0.466 e. The van der Waals surface area contributed by atoms with Gasteiger partial charge in [0.2, 0.25) is 5.91 Å². The number of hydrogen-bond acceptors (Lipinski definition) is 10. The molecule has 7 atom stereocenters. The summed E-state index contributed by atoms with van der Waals surface area (Å²) < 4.78 is 16.8. The van der Waals surface area contributed by atoms with Crippen molar-refractivity contribution in [3.8, 4) is 0 Å². The first-order valence-corrected chi connectivity index (χ1v) is 38.1. The third-order valence-electron chi connectivity index (χ3n) is 18.3. The molecule has 1 aliphatic heterocycles. The lowest BCUT2D eigenvalue weighted by molar-refractivity contribution is -0.302. The molecule has 0 radical (unpaired) electrons. The van der Waals surface area contributed by atoms with Gasteiger partial charge in [0, 0.05) is 12.8 Å². The number of unbranched alkanes of at least 4 members (excludes halogenated alkanes) is 52. The van der Waals surface area contributed by atoms with E-state index in [9.17, 15) is 35.1 Å². The molecule has 0 aromatic carbocycles. The SMILES string of the molecule is CCCCCCCCCCCCCCC/C=C/C(O)C(COC1OC(CO)C(O)C(O)C1O)NC(=O)CCCCCCCCCCCCCCCCCCC/C=C\CCCCCCCCCCCCCCOC(=O)CCCCCCCCCCCCC. The van der Waals surface area contributed by atoms with Gasteiger partial charge >= 0.3 is 5.97 Å². The summed E-state index contributed by atoms with van der Waals surface area (Å²) in [6.45, 7) is 4.40. The molecule has 0 aromatic rings. The van der Waals surface area contributed by atoms with Crippen molar-refractivity contribution in [2.24, 2.45) is 0 Å². The Kier molecular flexibility index (Phi) is 62.7. The van der Waals surface area contributed by atoms with Crippen LogP contribution in [0.1, 0.15) is 386 Å². The standard InChI is InChI=1S/C76H145NO10/c1-3-5-7-9-11-13-15-16-36-39-43-46-50-54-58-62-69(79)68(67-86-76-75(84)74(83)73(82)70(66-78)87-76)77-71(80)63-59-55-51-47-44-40-37-34-32-30-28-26-24-22-20-18-17-19-21-23-25-27-29-31-33-35-38-41-45-49-53-57-61-65-85-72(81)64-60-56-52-48-42-14-12-10-8-6-4-2/h21,23,58,62,68-70,73-76,78-79,82-84H,3-20,22,24-57,59-61,63-67H2,1-2H3,(H,77,80)/b23-21-,62-58+. The minimum atomic E-state index is -1.57. The highest BCUT2D eigenvalue weighted by Gasteiger charge is 2.44. The van der Waals surface area contributed by atoms with Crippen LogP contribution in [0.4, 0.5) is 0 Å². The van der Waals surface area contributed by atoms with Crippen LogP contribution in [0.3, 0.4) is 0 Å². The predicted molar refractivity (Wildman–Crippen MR) is 366 cm³/mol. The zero-order chi connectivity index (χ0) is 63.0. The van der Waals surface area contributed by atoms with Crippen LogP contribution in [0.2, 0.25) is 0 Å². The van der Waals surface area contributed by atoms with Gasteiger partial charge in [0.1, 0.15) is 24.4 Å². The Labute approximate surface area is 537 Å². The minimum absolute atomic E-state index is 0.0118. The fraction of sp³-hybridized carbons (Fsp3) is 0.921. The molecule has 0 saturated carbocycles. The molecule has 0 spiro atoms. The Morgan fingerprint density at radius 2 is 0.736 bits per heavy atom. The third kappa shape index (κ3) is 54.4. The van der Waals surface area contributed by atoms with Crippen LogP contribution in [-0.2, 0) is 23.8 Å². The van der Waals surface area contributed by atoms with Gasteiger partial charge in [0.25, 0.3) is 0 Å². The summed E-state index contributed by atoms with van der Waals surface area (Å²) in [4.78, 5) is 25.1. The van der Waals surface area contributed by atoms with Gasteiger partial charge in [0.15, 0.2) is 6.29 Å². The molecule has 87 heavy (non-hydrogen) atoms. The molecule has 7 unspecified atom stereocenters. The lowest BCUT2D eigenvalue weighted by Crippen LogP contribution is -2.60. The molecule has 1 rings (SSSR count). The molecule has 1 aliphatic rings. The van der Waals surface area contributed by atoms with Gasteiger partial charge in [0.05, 0.1) is 32.0 Å². The van der Waals surface area contributed by atoms with Crippen molar-refractivity contribution in [2.75, 3.05) is 19.8 Å². The summed E-state index contributed by atoms with van der Waals surface area (Å²) in [7, 11) is 0. The number of ether oxygens (including phenoxy) is 3. The highest BCUT2D eigenvalue weighted by molar-refractivity contribution is 5.76. The number of aliphatic hydroxyl groups excluding tert-OH is 5. The molecule has 0 aromatic heterocycles. The Morgan fingerprint density at radius 1 is 0.414 bits per heavy atom. The zero-order valence-corrected chi connectivity index (χ0v) is 57.3. The maximum Gasteiger partial charge on any atom is 0.305 e. The molecule has 11 nitrogen and oxygen atoms in total. The average molecular weight is 1230 g/mol. The number of hydrogen-bond donors (Lipinski definition) is 6. The summed E-state index contributed by atoms with van der Waals surface area (Å²) >= 11 is 0. The minimum Gasteiger partial charge on any atom is -0.466 e. The van der Waals surface area contributed by atoms with E-state index in [-0.39, 0.29) is 18.5 Å². The Balaban J connectivity index is 1.96. The summed E-state index contributed by atoms with van der Waals surface area (Å²) in [5, 5.41) is 54.6. The van der Waals surface area contributed by atoms with Crippen LogP contribution < -0.4 is 5.32 Å². The van der Waals surface area contributed by atoms with Crippen LogP contribution in [0, 0.1) is 0 Å². The van der Waals surface area contributed by atoms with Gasteiger partial charge in [-0.25, -0.2) is 0 Å². The van der Waals surface area contributed by atoms with E-state index in [1.807, 2.05) is 6.08 Å². The number of nitrogens with one attached hydrogen (secondary N) is 1. The second-order valence-electron chi connectivity index (χ2n) is 26.7. The summed E-state index contributed by atoms with van der Waals surface area (Å²) in [6.07, 6.45) is 73.2. The molecular weight excluding hydrogens is 1090 g/mol. The molecule has 1 fully saturated rings. The highest BCUT2D eigenvalue weighted by atomic mass is 16.7. The van der Waals surface area contributed by atoms with E-state index in [0.29, 0.717) is 19.4 Å². The van der Waals surface area contributed by atoms with Crippen molar-refractivity contribution in [1.82, 2.24) is 5.32 Å². The van der Waals surface area contributed by atoms with Crippen LogP contribution in [0.25, 0.3) is 0 Å². The lowest BCUT2D eigenvalue weighted by Gasteiger charge is -2.40. The fourth-order valence-electron chi connectivity index (χ4n) is 12.3. The summed E-state index contributed by atoms with van der Waals surface area (Å²) in [6, 6.07) is -0.808. The van der Waals surface area contributed by atoms with Crippen molar-refractivity contribution < 1.29 is 49.3 Å². The molecule has 0 aliphatic carbocycles. The van der Waals surface area contributed by atoms with Crippen LogP contribution >= 0.6 is 0 Å². The first-order valence-electron chi connectivity index (χ1n) is 38.1. The van der Waals surface area contributed by atoms with Gasteiger partial charge in [-0.05, 0) is 57.8 Å². The van der Waals surface area contributed by atoms with E-state index < -0.39 is 49.5 Å². The smallest absolute Gasteiger partial charge is 0.305 e. The predicted octanol–water partition coefficient (Wildman–Crippen LogP) is 20.0.